The van der Waals surface area contributed by atoms with Gasteiger partial charge in [-0.3, -0.25) is 0 Å². The van der Waals surface area contributed by atoms with Gasteiger partial charge in [0.15, 0.2) is 11.5 Å². The van der Waals surface area contributed by atoms with Crippen molar-refractivity contribution in [1.29, 1.82) is 0 Å². The number of thiazole rings is 1. The van der Waals surface area contributed by atoms with E-state index in [1.54, 1.807) is 21.1 Å². The molecule has 0 unspecified atom stereocenters. The Labute approximate surface area is 195 Å². The number of methoxy groups -OCH3 is 3. The standard InChI is InChI=1S/C25H24N2O5S/c1-13-9-14(2)22-17(27-25-26-15(3)23(33-25)24(28)31-6)12-19(32-21(22)10-13)16-7-8-18(29-4)20(11-16)30-5/h7-12H,1-6H3/b27-17+. The normalized spacial score (nSPS) is 11.6. The molecule has 0 fully saturated rings. The number of nitrogens with zero attached hydrogens (tertiary/aromatic N) is 2. The summed E-state index contributed by atoms with van der Waals surface area (Å²) in [6.07, 6.45) is 0. The summed E-state index contributed by atoms with van der Waals surface area (Å²) < 4.78 is 22.0. The van der Waals surface area contributed by atoms with Crippen LogP contribution < -0.4 is 14.8 Å². The smallest absolute Gasteiger partial charge is 0.350 e. The zero-order valence-corrected chi connectivity index (χ0v) is 20.1. The lowest BCUT2D eigenvalue weighted by Crippen LogP contribution is -2.05. The van der Waals surface area contributed by atoms with Crippen LogP contribution in [0, 0.1) is 20.8 Å². The molecule has 0 amide bonds. The van der Waals surface area contributed by atoms with Crippen molar-refractivity contribution < 1.29 is 23.4 Å². The molecular formula is C25H24N2O5S. The molecule has 7 nitrogen and oxygen atoms in total. The number of carbonyl (C=O) groups is 1. The molecule has 0 saturated heterocycles. The quantitative estimate of drug-likeness (QED) is 0.362. The maximum absolute atomic E-state index is 12.0. The summed E-state index contributed by atoms with van der Waals surface area (Å²) in [6.45, 7) is 5.81. The summed E-state index contributed by atoms with van der Waals surface area (Å²) in [5, 5.41) is 2.06. The highest BCUT2D eigenvalue weighted by atomic mass is 32.1. The predicted octanol–water partition coefficient (Wildman–Crippen LogP) is 5.52. The van der Waals surface area contributed by atoms with Gasteiger partial charge in [0.25, 0.3) is 0 Å². The van der Waals surface area contributed by atoms with Gasteiger partial charge in [0.05, 0.1) is 32.4 Å². The van der Waals surface area contributed by atoms with Crippen LogP contribution in [-0.2, 0) is 4.74 Å². The average Bonchev–Trinajstić information content (AvgIpc) is 3.17. The van der Waals surface area contributed by atoms with E-state index < -0.39 is 5.97 Å². The van der Waals surface area contributed by atoms with Crippen molar-refractivity contribution >= 4 is 33.4 Å². The summed E-state index contributed by atoms with van der Waals surface area (Å²) in [5.41, 5.74) is 4.23. The third-order valence-corrected chi connectivity index (χ3v) is 6.26. The minimum absolute atomic E-state index is 0.419. The number of ether oxygens (including phenoxy) is 3. The number of aryl methyl sites for hydroxylation is 3. The minimum Gasteiger partial charge on any atom is -0.493 e. The molecular weight excluding hydrogens is 440 g/mol. The van der Waals surface area contributed by atoms with Crippen LogP contribution in [0.5, 0.6) is 11.5 Å². The maximum atomic E-state index is 12.0. The Balaban J connectivity index is 1.98. The van der Waals surface area contributed by atoms with Crippen molar-refractivity contribution in [2.45, 2.75) is 20.8 Å². The van der Waals surface area contributed by atoms with Gasteiger partial charge < -0.3 is 18.6 Å². The number of hydrogen-bond acceptors (Lipinski definition) is 8. The lowest BCUT2D eigenvalue weighted by Gasteiger charge is -2.11. The first kappa shape index (κ1) is 22.5. The Morgan fingerprint density at radius 3 is 2.45 bits per heavy atom. The van der Waals surface area contributed by atoms with E-state index in [1.807, 2.05) is 44.2 Å². The molecule has 170 valence electrons. The second-order valence-electron chi connectivity index (χ2n) is 7.53. The molecule has 4 rings (SSSR count). The fraction of sp³-hybridized carbons (Fsp3) is 0.240. The number of hydrogen-bond donors (Lipinski definition) is 0. The van der Waals surface area contributed by atoms with Crippen LogP contribution in [0.15, 0.2) is 45.8 Å². The number of aromatic nitrogens is 1. The monoisotopic (exact) mass is 464 g/mol. The van der Waals surface area contributed by atoms with Crippen LogP contribution in [0.2, 0.25) is 0 Å². The molecule has 0 aliphatic rings. The second-order valence-corrected chi connectivity index (χ2v) is 8.51. The molecule has 8 heteroatoms. The van der Waals surface area contributed by atoms with Crippen LogP contribution >= 0.6 is 11.3 Å². The molecule has 0 bridgehead atoms. The Morgan fingerprint density at radius 1 is 1.00 bits per heavy atom. The lowest BCUT2D eigenvalue weighted by atomic mass is 10.0. The van der Waals surface area contributed by atoms with E-state index in [-0.39, 0.29) is 0 Å². The average molecular weight is 465 g/mol. The van der Waals surface area contributed by atoms with Gasteiger partial charge in [-0.05, 0) is 56.2 Å². The zero-order chi connectivity index (χ0) is 23.7. The Morgan fingerprint density at radius 2 is 1.76 bits per heavy atom. The van der Waals surface area contributed by atoms with E-state index in [2.05, 4.69) is 11.1 Å². The Kier molecular flexibility index (Phi) is 6.20. The first-order valence-corrected chi connectivity index (χ1v) is 11.0. The number of carbonyl (C=O) groups excluding carboxylic acids is 1. The van der Waals surface area contributed by atoms with Crippen LogP contribution in [0.4, 0.5) is 5.13 Å². The van der Waals surface area contributed by atoms with Gasteiger partial charge in [-0.15, -0.1) is 0 Å². The second kappa shape index (κ2) is 9.07. The van der Waals surface area contributed by atoms with Crippen LogP contribution in [-0.4, -0.2) is 32.3 Å². The van der Waals surface area contributed by atoms with Gasteiger partial charge in [0.1, 0.15) is 16.2 Å². The van der Waals surface area contributed by atoms with Crippen molar-refractivity contribution in [2.75, 3.05) is 21.3 Å². The van der Waals surface area contributed by atoms with E-state index in [1.165, 1.54) is 18.4 Å². The molecule has 0 N–H and O–H groups in total. The topological polar surface area (TPSA) is 83.2 Å². The predicted molar refractivity (Wildman–Crippen MR) is 128 cm³/mol. The van der Waals surface area contributed by atoms with Crippen molar-refractivity contribution in [3.8, 4) is 22.8 Å². The zero-order valence-electron chi connectivity index (χ0n) is 19.3. The van der Waals surface area contributed by atoms with E-state index in [4.69, 9.17) is 23.6 Å². The number of esters is 1. The van der Waals surface area contributed by atoms with Gasteiger partial charge in [0, 0.05) is 17.0 Å². The molecule has 0 radical (unpaired) electrons. The van der Waals surface area contributed by atoms with Crippen molar-refractivity contribution in [3.05, 3.63) is 63.5 Å². The SMILES string of the molecule is COC(=O)c1sc(/N=c2\cc(-c3ccc(OC)c(OC)c3)oc3cc(C)cc(C)c23)nc1C. The molecule has 0 spiro atoms. The van der Waals surface area contributed by atoms with Gasteiger partial charge in [-0.1, -0.05) is 17.4 Å². The largest absolute Gasteiger partial charge is 0.493 e. The van der Waals surface area contributed by atoms with Crippen molar-refractivity contribution in [1.82, 2.24) is 4.98 Å². The van der Waals surface area contributed by atoms with E-state index in [0.29, 0.717) is 43.9 Å². The van der Waals surface area contributed by atoms with Gasteiger partial charge in [0.2, 0.25) is 5.13 Å². The van der Waals surface area contributed by atoms with Gasteiger partial charge >= 0.3 is 5.97 Å². The van der Waals surface area contributed by atoms with Crippen LogP contribution in [0.3, 0.4) is 0 Å². The van der Waals surface area contributed by atoms with Gasteiger partial charge in [-0.2, -0.15) is 0 Å². The molecule has 2 aromatic heterocycles. The summed E-state index contributed by atoms with van der Waals surface area (Å²) in [4.78, 5) is 21.7. The molecule has 0 aliphatic carbocycles. The molecule has 0 atom stereocenters. The summed E-state index contributed by atoms with van der Waals surface area (Å²) >= 11 is 1.20. The summed E-state index contributed by atoms with van der Waals surface area (Å²) in [5.74, 6) is 1.43. The van der Waals surface area contributed by atoms with E-state index >= 15 is 0 Å². The highest BCUT2D eigenvalue weighted by Crippen LogP contribution is 2.33. The summed E-state index contributed by atoms with van der Waals surface area (Å²) in [6, 6.07) is 11.5. The molecule has 2 aromatic carbocycles. The molecule has 33 heavy (non-hydrogen) atoms. The fourth-order valence-electron chi connectivity index (χ4n) is 3.72. The maximum Gasteiger partial charge on any atom is 0.350 e. The van der Waals surface area contributed by atoms with Crippen LogP contribution in [0.25, 0.3) is 22.3 Å². The highest BCUT2D eigenvalue weighted by molar-refractivity contribution is 7.17. The first-order chi connectivity index (χ1) is 15.8. The van der Waals surface area contributed by atoms with E-state index in [9.17, 15) is 4.79 Å². The third kappa shape index (κ3) is 4.34. The fourth-order valence-corrected chi connectivity index (χ4v) is 4.59. The van der Waals surface area contributed by atoms with Crippen molar-refractivity contribution in [3.63, 3.8) is 0 Å². The van der Waals surface area contributed by atoms with Gasteiger partial charge in [-0.25, -0.2) is 14.8 Å². The minimum atomic E-state index is -0.419. The lowest BCUT2D eigenvalue weighted by molar-refractivity contribution is 0.0605. The Bertz CT molecular complexity index is 1430. The molecule has 4 aromatic rings. The Hall–Kier alpha value is -3.65. The molecule has 0 aliphatic heterocycles. The van der Waals surface area contributed by atoms with E-state index in [0.717, 1.165) is 22.1 Å². The third-order valence-electron chi connectivity index (χ3n) is 5.23. The number of benzene rings is 2. The molecule has 2 heterocycles. The highest BCUT2D eigenvalue weighted by Gasteiger charge is 2.16. The van der Waals surface area contributed by atoms with Crippen molar-refractivity contribution in [2.24, 2.45) is 4.99 Å². The van der Waals surface area contributed by atoms with Crippen LogP contribution in [0.1, 0.15) is 26.5 Å². The summed E-state index contributed by atoms with van der Waals surface area (Å²) in [7, 11) is 4.54. The first-order valence-electron chi connectivity index (χ1n) is 10.2. The number of fused-ring (bicyclic) bond motifs is 1. The number of rotatable bonds is 5. The molecule has 0 saturated carbocycles.